The Labute approximate surface area is 88.5 Å². The van der Waals surface area contributed by atoms with Crippen LogP contribution in [0.1, 0.15) is 12.2 Å². The SMILES string of the molecule is Cc1nc(S(=O)(=O)N2CCCO2)cn1C. The highest BCUT2D eigenvalue weighted by Gasteiger charge is 2.30. The summed E-state index contributed by atoms with van der Waals surface area (Å²) >= 11 is 0. The maximum absolute atomic E-state index is 11.9. The number of hydrogen-bond acceptors (Lipinski definition) is 4. The van der Waals surface area contributed by atoms with Gasteiger partial charge >= 0.3 is 0 Å². The van der Waals surface area contributed by atoms with Crippen molar-refractivity contribution in [1.29, 1.82) is 0 Å². The van der Waals surface area contributed by atoms with Crippen LogP contribution in [0.5, 0.6) is 0 Å². The number of aromatic nitrogens is 2. The number of nitrogens with zero attached hydrogens (tertiary/aromatic N) is 3. The van der Waals surface area contributed by atoms with Gasteiger partial charge in [-0.25, -0.2) is 13.4 Å². The molecule has 6 nitrogen and oxygen atoms in total. The van der Waals surface area contributed by atoms with Crippen LogP contribution in [0.3, 0.4) is 0 Å². The van der Waals surface area contributed by atoms with E-state index in [1.54, 1.807) is 18.5 Å². The molecule has 1 saturated heterocycles. The van der Waals surface area contributed by atoms with Crippen LogP contribution in [0.4, 0.5) is 0 Å². The third kappa shape index (κ3) is 1.77. The molecule has 0 aliphatic carbocycles. The number of hydrogen-bond donors (Lipinski definition) is 0. The topological polar surface area (TPSA) is 64.4 Å². The minimum absolute atomic E-state index is 0.0457. The lowest BCUT2D eigenvalue weighted by molar-refractivity contribution is -0.0286. The van der Waals surface area contributed by atoms with Crippen LogP contribution in [-0.4, -0.2) is 35.6 Å². The molecule has 1 aromatic heterocycles. The lowest BCUT2D eigenvalue weighted by Crippen LogP contribution is -2.27. The molecule has 0 amide bonds. The van der Waals surface area contributed by atoms with E-state index < -0.39 is 10.0 Å². The molecule has 1 aliphatic heterocycles. The average molecular weight is 231 g/mol. The van der Waals surface area contributed by atoms with Crippen molar-refractivity contribution in [3.63, 3.8) is 0 Å². The molecule has 2 rings (SSSR count). The van der Waals surface area contributed by atoms with Crippen LogP contribution in [0.2, 0.25) is 0 Å². The fourth-order valence-corrected chi connectivity index (χ4v) is 2.70. The second-order valence-corrected chi connectivity index (χ2v) is 5.23. The van der Waals surface area contributed by atoms with Crippen LogP contribution in [0, 0.1) is 6.92 Å². The largest absolute Gasteiger partial charge is 0.337 e. The predicted octanol–water partition coefficient (Wildman–Crippen LogP) is 0.0545. The monoisotopic (exact) mass is 231 g/mol. The second-order valence-electron chi connectivity index (χ2n) is 3.46. The van der Waals surface area contributed by atoms with E-state index in [0.717, 1.165) is 10.9 Å². The summed E-state index contributed by atoms with van der Waals surface area (Å²) in [6, 6.07) is 0. The first kappa shape index (κ1) is 10.6. The van der Waals surface area contributed by atoms with Gasteiger partial charge in [0.1, 0.15) is 5.82 Å². The Morgan fingerprint density at radius 2 is 2.27 bits per heavy atom. The molecule has 84 valence electrons. The summed E-state index contributed by atoms with van der Waals surface area (Å²) < 4.78 is 26.5. The van der Waals surface area contributed by atoms with E-state index in [9.17, 15) is 8.42 Å². The molecule has 0 bridgehead atoms. The number of sulfonamides is 1. The molecule has 0 radical (unpaired) electrons. The zero-order chi connectivity index (χ0) is 11.1. The van der Waals surface area contributed by atoms with Gasteiger partial charge in [-0.15, -0.1) is 0 Å². The van der Waals surface area contributed by atoms with Crippen LogP contribution in [0.25, 0.3) is 0 Å². The van der Waals surface area contributed by atoms with E-state index in [0.29, 0.717) is 19.0 Å². The van der Waals surface area contributed by atoms with Crippen LogP contribution >= 0.6 is 0 Å². The van der Waals surface area contributed by atoms with Gasteiger partial charge in [0.2, 0.25) is 0 Å². The van der Waals surface area contributed by atoms with Gasteiger partial charge in [0.15, 0.2) is 5.03 Å². The highest BCUT2D eigenvalue weighted by atomic mass is 32.2. The van der Waals surface area contributed by atoms with Gasteiger partial charge in [-0.05, 0) is 13.3 Å². The second kappa shape index (κ2) is 3.58. The van der Waals surface area contributed by atoms with Gasteiger partial charge in [-0.3, -0.25) is 4.84 Å². The zero-order valence-electron chi connectivity index (χ0n) is 8.67. The fraction of sp³-hybridized carbons (Fsp3) is 0.625. The molecule has 1 fully saturated rings. The Hall–Kier alpha value is -0.920. The maximum atomic E-state index is 11.9. The molecular weight excluding hydrogens is 218 g/mol. The summed E-state index contributed by atoms with van der Waals surface area (Å²) in [6.07, 6.45) is 2.22. The van der Waals surface area contributed by atoms with E-state index in [1.807, 2.05) is 0 Å². The van der Waals surface area contributed by atoms with Gasteiger partial charge in [0.05, 0.1) is 6.61 Å². The predicted molar refractivity (Wildman–Crippen MR) is 52.4 cm³/mol. The summed E-state index contributed by atoms with van der Waals surface area (Å²) in [7, 11) is -1.81. The highest BCUT2D eigenvalue weighted by Crippen LogP contribution is 2.18. The Balaban J connectivity index is 2.36. The first-order valence-electron chi connectivity index (χ1n) is 4.67. The van der Waals surface area contributed by atoms with Gasteiger partial charge in [-0.2, -0.15) is 0 Å². The van der Waals surface area contributed by atoms with Crippen molar-refractivity contribution in [2.75, 3.05) is 13.2 Å². The Morgan fingerprint density at radius 1 is 1.53 bits per heavy atom. The molecule has 1 aromatic rings. The third-order valence-corrected chi connectivity index (χ3v) is 3.89. The van der Waals surface area contributed by atoms with E-state index >= 15 is 0 Å². The van der Waals surface area contributed by atoms with Gasteiger partial charge in [0, 0.05) is 19.8 Å². The van der Waals surface area contributed by atoms with Gasteiger partial charge < -0.3 is 4.57 Å². The summed E-state index contributed by atoms with van der Waals surface area (Å²) in [5.74, 6) is 0.660. The van der Waals surface area contributed by atoms with E-state index in [2.05, 4.69) is 4.98 Å². The third-order valence-electron chi connectivity index (χ3n) is 2.34. The van der Waals surface area contributed by atoms with Crippen LogP contribution < -0.4 is 0 Å². The van der Waals surface area contributed by atoms with E-state index in [-0.39, 0.29) is 5.03 Å². The summed E-state index contributed by atoms with van der Waals surface area (Å²) in [6.45, 7) is 2.60. The van der Waals surface area contributed by atoms with Gasteiger partial charge in [-0.1, -0.05) is 4.47 Å². The van der Waals surface area contributed by atoms with Crippen LogP contribution in [0.15, 0.2) is 11.2 Å². The molecule has 0 N–H and O–H groups in total. The number of hydroxylamine groups is 1. The minimum Gasteiger partial charge on any atom is -0.337 e. The molecule has 0 spiro atoms. The van der Waals surface area contributed by atoms with Crippen molar-refractivity contribution in [3.05, 3.63) is 12.0 Å². The molecule has 7 heteroatoms. The van der Waals surface area contributed by atoms with E-state index in [1.165, 1.54) is 6.20 Å². The Bertz CT molecular complexity index is 440. The summed E-state index contributed by atoms with van der Waals surface area (Å²) in [5, 5.41) is 0.0457. The molecule has 1 aliphatic rings. The standard InChI is InChI=1S/C8H13N3O3S/c1-7-9-8(6-10(7)2)15(12,13)11-4-3-5-14-11/h6H,3-5H2,1-2H3. The zero-order valence-corrected chi connectivity index (χ0v) is 9.49. The van der Waals surface area contributed by atoms with Crippen LogP contribution in [-0.2, 0) is 21.9 Å². The summed E-state index contributed by atoms with van der Waals surface area (Å²) in [5.41, 5.74) is 0. The normalized spacial score (nSPS) is 18.5. The molecule has 0 aromatic carbocycles. The molecular formula is C8H13N3O3S. The first-order valence-corrected chi connectivity index (χ1v) is 6.11. The van der Waals surface area contributed by atoms with Crippen molar-refractivity contribution in [3.8, 4) is 0 Å². The fourth-order valence-electron chi connectivity index (χ4n) is 1.37. The quantitative estimate of drug-likeness (QED) is 0.721. The highest BCUT2D eigenvalue weighted by molar-refractivity contribution is 7.88. The lowest BCUT2D eigenvalue weighted by atomic mass is 10.5. The average Bonchev–Trinajstić information content (AvgIpc) is 2.77. The number of imidazole rings is 1. The Kier molecular flexibility index (Phi) is 2.53. The molecule has 15 heavy (non-hydrogen) atoms. The summed E-state index contributed by atoms with van der Waals surface area (Å²) in [4.78, 5) is 9.00. The van der Waals surface area contributed by atoms with Crippen molar-refractivity contribution < 1.29 is 13.3 Å². The van der Waals surface area contributed by atoms with Gasteiger partial charge in [0.25, 0.3) is 10.0 Å². The number of rotatable bonds is 2. The van der Waals surface area contributed by atoms with E-state index in [4.69, 9.17) is 4.84 Å². The first-order chi connectivity index (χ1) is 7.01. The Morgan fingerprint density at radius 3 is 2.73 bits per heavy atom. The maximum Gasteiger partial charge on any atom is 0.283 e. The minimum atomic E-state index is -3.56. The molecule has 0 saturated carbocycles. The van der Waals surface area contributed by atoms with Crippen molar-refractivity contribution in [2.45, 2.75) is 18.4 Å². The lowest BCUT2D eigenvalue weighted by Gasteiger charge is -2.11. The van der Waals surface area contributed by atoms with Crippen molar-refractivity contribution >= 4 is 10.0 Å². The molecule has 0 unspecified atom stereocenters. The van der Waals surface area contributed by atoms with Crippen molar-refractivity contribution in [1.82, 2.24) is 14.0 Å². The number of aryl methyl sites for hydroxylation is 2. The van der Waals surface area contributed by atoms with Crippen molar-refractivity contribution in [2.24, 2.45) is 7.05 Å². The molecule has 2 heterocycles. The molecule has 0 atom stereocenters. The smallest absolute Gasteiger partial charge is 0.283 e.